The lowest BCUT2D eigenvalue weighted by atomic mass is 10.0. The number of amides is 1. The molecule has 1 amide bonds. The van der Waals surface area contributed by atoms with Crippen molar-refractivity contribution in [1.29, 1.82) is 0 Å². The van der Waals surface area contributed by atoms with Crippen LogP contribution in [0.2, 0.25) is 0 Å². The molecule has 1 aromatic carbocycles. The number of primary sulfonamides is 1. The quantitative estimate of drug-likeness (QED) is 0.418. The normalized spacial score (nSPS) is 13.3. The molecule has 1 unspecified atom stereocenters. The van der Waals surface area contributed by atoms with E-state index in [0.29, 0.717) is 18.4 Å². The minimum Gasteiger partial charge on any atom is -0.354 e. The molecule has 0 saturated carbocycles. The monoisotopic (exact) mass is 411 g/mol. The highest BCUT2D eigenvalue weighted by atomic mass is 32.2. The van der Waals surface area contributed by atoms with E-state index in [2.05, 4.69) is 36.4 Å². The number of likely N-dealkylation sites (N-methyl/N-ethyl adjacent to an activating group) is 1. The molecule has 1 atom stereocenters. The third kappa shape index (κ3) is 9.18. The number of carbonyl (C=O) groups excluding carboxylic acids is 1. The molecular formula is C19H33N5O3S. The number of hydrogen-bond acceptors (Lipinski definition) is 4. The highest BCUT2D eigenvalue weighted by Gasteiger charge is 2.10. The topological polar surface area (TPSA) is 117 Å². The molecule has 0 aromatic heterocycles. The fourth-order valence-electron chi connectivity index (χ4n) is 2.31. The third-order valence-electron chi connectivity index (χ3n) is 4.14. The summed E-state index contributed by atoms with van der Waals surface area (Å²) in [7, 11) is -0.307. The van der Waals surface area contributed by atoms with Crippen LogP contribution in [0.25, 0.3) is 0 Å². The van der Waals surface area contributed by atoms with E-state index < -0.39 is 10.0 Å². The number of rotatable bonds is 9. The number of aliphatic imine (C=N–C) groups is 1. The van der Waals surface area contributed by atoms with Crippen molar-refractivity contribution in [1.82, 2.24) is 15.5 Å². The van der Waals surface area contributed by atoms with Gasteiger partial charge in [0.2, 0.25) is 15.9 Å². The molecule has 8 nitrogen and oxygen atoms in total. The summed E-state index contributed by atoms with van der Waals surface area (Å²) in [6.45, 7) is 6.92. The molecule has 0 bridgehead atoms. The Morgan fingerprint density at radius 3 is 2.25 bits per heavy atom. The standard InChI is InChI=1S/C19H33N5O3S/c1-14(2)6-7-15(3)23-19(22-13-18(25)24(4)5)21-12-16-8-10-17(11-9-16)28(20,26)27/h8-11,14-15H,6-7,12-13H2,1-5H3,(H2,20,26,27)(H2,21,22,23). The van der Waals surface area contributed by atoms with Crippen molar-refractivity contribution in [2.24, 2.45) is 16.0 Å². The van der Waals surface area contributed by atoms with Crippen LogP contribution in [-0.2, 0) is 21.4 Å². The van der Waals surface area contributed by atoms with Gasteiger partial charge in [0.25, 0.3) is 0 Å². The summed E-state index contributed by atoms with van der Waals surface area (Å²) in [6.07, 6.45) is 2.08. The number of nitrogens with zero attached hydrogens (tertiary/aromatic N) is 2. The van der Waals surface area contributed by atoms with Crippen LogP contribution in [-0.4, -0.2) is 51.9 Å². The van der Waals surface area contributed by atoms with Gasteiger partial charge < -0.3 is 15.5 Å². The van der Waals surface area contributed by atoms with Crippen LogP contribution in [0.4, 0.5) is 0 Å². The van der Waals surface area contributed by atoms with E-state index in [1.165, 1.54) is 17.0 Å². The van der Waals surface area contributed by atoms with Crippen LogP contribution in [0.5, 0.6) is 0 Å². The second-order valence-electron chi connectivity index (χ2n) is 7.51. The van der Waals surface area contributed by atoms with E-state index in [9.17, 15) is 13.2 Å². The Bertz CT molecular complexity index is 758. The Morgan fingerprint density at radius 1 is 1.14 bits per heavy atom. The average Bonchev–Trinajstić information content (AvgIpc) is 2.61. The molecule has 0 aliphatic rings. The van der Waals surface area contributed by atoms with Crippen molar-refractivity contribution in [3.63, 3.8) is 0 Å². The molecule has 4 N–H and O–H groups in total. The molecule has 1 rings (SSSR count). The summed E-state index contributed by atoms with van der Waals surface area (Å²) in [6, 6.07) is 6.47. The first-order chi connectivity index (χ1) is 13.0. The zero-order valence-electron chi connectivity index (χ0n) is 17.4. The predicted molar refractivity (Wildman–Crippen MR) is 112 cm³/mol. The Labute approximate surface area is 168 Å². The van der Waals surface area contributed by atoms with E-state index in [1.807, 2.05) is 0 Å². The SMILES string of the molecule is CC(C)CCC(C)NC(=NCc1ccc(S(N)(=O)=O)cc1)NCC(=O)N(C)C. The summed E-state index contributed by atoms with van der Waals surface area (Å²) in [5.41, 5.74) is 0.835. The molecule has 0 radical (unpaired) electrons. The van der Waals surface area contributed by atoms with E-state index in [-0.39, 0.29) is 23.4 Å². The number of nitrogens with one attached hydrogen (secondary N) is 2. The number of sulfonamides is 1. The summed E-state index contributed by atoms with van der Waals surface area (Å²) in [4.78, 5) is 18.0. The highest BCUT2D eigenvalue weighted by molar-refractivity contribution is 7.89. The van der Waals surface area contributed by atoms with E-state index in [1.54, 1.807) is 26.2 Å². The maximum atomic E-state index is 11.9. The summed E-state index contributed by atoms with van der Waals surface area (Å²) < 4.78 is 22.7. The molecule has 0 spiro atoms. The maximum absolute atomic E-state index is 11.9. The smallest absolute Gasteiger partial charge is 0.241 e. The highest BCUT2D eigenvalue weighted by Crippen LogP contribution is 2.10. The fourth-order valence-corrected chi connectivity index (χ4v) is 2.83. The zero-order chi connectivity index (χ0) is 21.3. The van der Waals surface area contributed by atoms with Crippen molar-refractivity contribution in [3.05, 3.63) is 29.8 Å². The second kappa shape index (κ2) is 11.0. The first-order valence-electron chi connectivity index (χ1n) is 9.35. The Balaban J connectivity index is 2.82. The lowest BCUT2D eigenvalue weighted by molar-refractivity contribution is -0.127. The summed E-state index contributed by atoms with van der Waals surface area (Å²) in [5.74, 6) is 1.11. The van der Waals surface area contributed by atoms with Crippen LogP contribution in [0.3, 0.4) is 0 Å². The van der Waals surface area contributed by atoms with E-state index >= 15 is 0 Å². The molecule has 28 heavy (non-hydrogen) atoms. The van der Waals surface area contributed by atoms with Gasteiger partial charge in [0.15, 0.2) is 5.96 Å². The average molecular weight is 412 g/mol. The number of benzene rings is 1. The van der Waals surface area contributed by atoms with Gasteiger partial charge in [-0.15, -0.1) is 0 Å². The molecule has 0 heterocycles. The van der Waals surface area contributed by atoms with Crippen LogP contribution in [0, 0.1) is 5.92 Å². The van der Waals surface area contributed by atoms with Gasteiger partial charge in [-0.1, -0.05) is 26.0 Å². The predicted octanol–water partition coefficient (Wildman–Crippen LogP) is 1.28. The van der Waals surface area contributed by atoms with Gasteiger partial charge in [-0.3, -0.25) is 4.79 Å². The van der Waals surface area contributed by atoms with Gasteiger partial charge >= 0.3 is 0 Å². The van der Waals surface area contributed by atoms with Crippen LogP contribution >= 0.6 is 0 Å². The molecule has 158 valence electrons. The lowest BCUT2D eigenvalue weighted by Gasteiger charge is -2.20. The number of carbonyl (C=O) groups is 1. The van der Waals surface area contributed by atoms with E-state index in [0.717, 1.165) is 18.4 Å². The maximum Gasteiger partial charge on any atom is 0.241 e. The van der Waals surface area contributed by atoms with Crippen molar-refractivity contribution in [2.45, 2.75) is 51.1 Å². The van der Waals surface area contributed by atoms with Gasteiger partial charge in [-0.05, 0) is 43.4 Å². The lowest BCUT2D eigenvalue weighted by Crippen LogP contribution is -2.46. The van der Waals surface area contributed by atoms with Gasteiger partial charge in [0.1, 0.15) is 0 Å². The largest absolute Gasteiger partial charge is 0.354 e. The van der Waals surface area contributed by atoms with Gasteiger partial charge in [-0.2, -0.15) is 0 Å². The van der Waals surface area contributed by atoms with Crippen molar-refractivity contribution < 1.29 is 13.2 Å². The molecule has 9 heteroatoms. The molecule has 0 aliphatic heterocycles. The van der Waals surface area contributed by atoms with Crippen LogP contribution in [0.15, 0.2) is 34.2 Å². The first kappa shape index (κ1) is 23.9. The third-order valence-corrected chi connectivity index (χ3v) is 5.07. The summed E-state index contributed by atoms with van der Waals surface area (Å²) >= 11 is 0. The molecule has 1 aromatic rings. The van der Waals surface area contributed by atoms with Crippen molar-refractivity contribution >= 4 is 21.9 Å². The minimum absolute atomic E-state index is 0.0539. The second-order valence-corrected chi connectivity index (χ2v) is 9.07. The summed E-state index contributed by atoms with van der Waals surface area (Å²) in [5, 5.41) is 11.5. The van der Waals surface area contributed by atoms with E-state index in [4.69, 9.17) is 5.14 Å². The Kier molecular flexibility index (Phi) is 9.40. The molecule has 0 aliphatic carbocycles. The molecule has 0 saturated heterocycles. The molecule has 0 fully saturated rings. The number of guanidine groups is 1. The zero-order valence-corrected chi connectivity index (χ0v) is 18.2. The number of hydrogen-bond donors (Lipinski definition) is 3. The Hall–Kier alpha value is -2.13. The van der Waals surface area contributed by atoms with Gasteiger partial charge in [0, 0.05) is 20.1 Å². The molecular weight excluding hydrogens is 378 g/mol. The van der Waals surface area contributed by atoms with Crippen LogP contribution < -0.4 is 15.8 Å². The van der Waals surface area contributed by atoms with Crippen molar-refractivity contribution in [2.75, 3.05) is 20.6 Å². The Morgan fingerprint density at radius 2 is 1.75 bits per heavy atom. The first-order valence-corrected chi connectivity index (χ1v) is 10.9. The van der Waals surface area contributed by atoms with Crippen LogP contribution in [0.1, 0.15) is 39.2 Å². The van der Waals surface area contributed by atoms with Gasteiger partial charge in [-0.25, -0.2) is 18.5 Å². The number of nitrogens with two attached hydrogens (primary N) is 1. The van der Waals surface area contributed by atoms with Gasteiger partial charge in [0.05, 0.1) is 18.0 Å². The fraction of sp³-hybridized carbons (Fsp3) is 0.579. The van der Waals surface area contributed by atoms with Crippen molar-refractivity contribution in [3.8, 4) is 0 Å². The minimum atomic E-state index is -3.71.